The number of nitrogens with zero attached hydrogens (tertiary/aromatic N) is 3. The van der Waals surface area contributed by atoms with E-state index in [1.54, 1.807) is 17.0 Å². The molecule has 2 N–H and O–H groups in total. The molecule has 3 amide bonds. The lowest BCUT2D eigenvalue weighted by molar-refractivity contribution is -0.132. The molecule has 3 rings (SSSR count). The molecule has 0 radical (unpaired) electrons. The maximum absolute atomic E-state index is 13.0. The van der Waals surface area contributed by atoms with Crippen LogP contribution in [0, 0.1) is 11.7 Å². The number of amides is 3. The normalized spacial score (nSPS) is 20.6. The highest BCUT2D eigenvalue weighted by Gasteiger charge is 2.33. The van der Waals surface area contributed by atoms with E-state index in [0.29, 0.717) is 25.2 Å². The van der Waals surface area contributed by atoms with Crippen LogP contribution in [0.5, 0.6) is 0 Å². The summed E-state index contributed by atoms with van der Waals surface area (Å²) in [6.07, 6.45) is 1.01. The molecule has 1 saturated heterocycles. The Hall–Kier alpha value is -2.77. The molecule has 0 bridgehead atoms. The Labute approximate surface area is 144 Å². The Bertz CT molecular complexity index is 732. The van der Waals surface area contributed by atoms with Crippen LogP contribution in [0.15, 0.2) is 29.4 Å². The molecule has 8 heteroatoms. The zero-order chi connectivity index (χ0) is 18.0. The number of nitrogens with two attached hydrogens (primary N) is 1. The van der Waals surface area contributed by atoms with E-state index in [1.165, 1.54) is 17.1 Å². The Balaban J connectivity index is 1.71. The van der Waals surface area contributed by atoms with E-state index >= 15 is 0 Å². The minimum Gasteiger partial charge on any atom is -0.369 e. The first-order chi connectivity index (χ1) is 11.9. The summed E-state index contributed by atoms with van der Waals surface area (Å²) in [5.74, 6) is -1.54. The summed E-state index contributed by atoms with van der Waals surface area (Å²) >= 11 is 0. The van der Waals surface area contributed by atoms with Crippen molar-refractivity contribution in [1.29, 1.82) is 0 Å². The Morgan fingerprint density at radius 3 is 2.60 bits per heavy atom. The molecule has 0 aliphatic carbocycles. The largest absolute Gasteiger partial charge is 0.369 e. The van der Waals surface area contributed by atoms with Crippen LogP contribution in [0.1, 0.15) is 24.8 Å². The predicted octanol–water partition coefficient (Wildman–Crippen LogP) is 0.638. The fraction of sp³-hybridized carbons (Fsp3) is 0.412. The number of hydrogen-bond acceptors (Lipinski definition) is 4. The minimum absolute atomic E-state index is 0.180. The van der Waals surface area contributed by atoms with E-state index in [2.05, 4.69) is 5.10 Å². The van der Waals surface area contributed by atoms with Crippen molar-refractivity contribution in [3.05, 3.63) is 35.6 Å². The van der Waals surface area contributed by atoms with E-state index in [-0.39, 0.29) is 42.9 Å². The molecule has 132 valence electrons. The zero-order valence-corrected chi connectivity index (χ0v) is 13.7. The van der Waals surface area contributed by atoms with Gasteiger partial charge in [-0.3, -0.25) is 14.4 Å². The third-order valence-corrected chi connectivity index (χ3v) is 4.48. The first-order valence-corrected chi connectivity index (χ1v) is 8.15. The predicted molar refractivity (Wildman–Crippen MR) is 87.5 cm³/mol. The summed E-state index contributed by atoms with van der Waals surface area (Å²) in [5, 5.41) is 5.44. The molecule has 2 heterocycles. The van der Waals surface area contributed by atoms with Crippen molar-refractivity contribution in [2.75, 3.05) is 13.1 Å². The van der Waals surface area contributed by atoms with E-state index in [0.717, 1.165) is 5.56 Å². The first-order valence-electron chi connectivity index (χ1n) is 8.15. The van der Waals surface area contributed by atoms with E-state index < -0.39 is 5.91 Å². The summed E-state index contributed by atoms with van der Waals surface area (Å²) in [4.78, 5) is 37.4. The Morgan fingerprint density at radius 1 is 1.24 bits per heavy atom. The van der Waals surface area contributed by atoms with Crippen molar-refractivity contribution >= 4 is 23.4 Å². The molecule has 1 atom stereocenters. The quantitative estimate of drug-likeness (QED) is 0.866. The Kier molecular flexibility index (Phi) is 4.78. The van der Waals surface area contributed by atoms with Gasteiger partial charge in [-0.25, -0.2) is 9.40 Å². The first kappa shape index (κ1) is 17.1. The summed E-state index contributed by atoms with van der Waals surface area (Å²) < 4.78 is 13.0. The number of carbonyl (C=O) groups is 3. The standard InChI is InChI=1S/C17H19FN4O3/c18-13-3-1-11(2-4-13)9-22-15(23)6-5-14(20-22)17(25)21-8-7-12(10-21)16(19)24/h1-4,12H,5-10H2,(H2,19,24). The molecule has 2 aliphatic heterocycles. The van der Waals surface area contributed by atoms with Gasteiger partial charge in [-0.05, 0) is 24.1 Å². The summed E-state index contributed by atoms with van der Waals surface area (Å²) in [6, 6.07) is 5.78. The van der Waals surface area contributed by atoms with Gasteiger partial charge in [-0.2, -0.15) is 5.10 Å². The zero-order valence-electron chi connectivity index (χ0n) is 13.7. The van der Waals surface area contributed by atoms with Gasteiger partial charge in [0.2, 0.25) is 11.8 Å². The molecule has 0 aromatic heterocycles. The summed E-state index contributed by atoms with van der Waals surface area (Å²) in [7, 11) is 0. The fourth-order valence-electron chi connectivity index (χ4n) is 3.00. The van der Waals surface area contributed by atoms with Crippen LogP contribution in [0.4, 0.5) is 4.39 Å². The van der Waals surface area contributed by atoms with Crippen molar-refractivity contribution < 1.29 is 18.8 Å². The Morgan fingerprint density at radius 2 is 1.96 bits per heavy atom. The SMILES string of the molecule is NC(=O)C1CCN(C(=O)C2=NN(Cc3ccc(F)cc3)C(=O)CC2)C1. The highest BCUT2D eigenvalue weighted by atomic mass is 19.1. The lowest BCUT2D eigenvalue weighted by Crippen LogP contribution is -2.41. The van der Waals surface area contributed by atoms with Crippen LogP contribution in [0.2, 0.25) is 0 Å². The number of hydrogen-bond donors (Lipinski definition) is 1. The molecule has 1 aromatic rings. The van der Waals surface area contributed by atoms with Gasteiger partial charge in [0.05, 0.1) is 12.5 Å². The number of primary amides is 1. The summed E-state index contributed by atoms with van der Waals surface area (Å²) in [5.41, 5.74) is 6.31. The topological polar surface area (TPSA) is 96.1 Å². The third kappa shape index (κ3) is 3.84. The van der Waals surface area contributed by atoms with E-state index in [1.807, 2.05) is 0 Å². The number of halogens is 1. The molecule has 25 heavy (non-hydrogen) atoms. The van der Waals surface area contributed by atoms with Crippen LogP contribution >= 0.6 is 0 Å². The van der Waals surface area contributed by atoms with Crippen molar-refractivity contribution in [1.82, 2.24) is 9.91 Å². The number of carbonyl (C=O) groups excluding carboxylic acids is 3. The monoisotopic (exact) mass is 346 g/mol. The molecule has 1 unspecified atom stereocenters. The molecule has 7 nitrogen and oxygen atoms in total. The number of hydrazone groups is 1. The number of rotatable bonds is 4. The molecule has 1 aromatic carbocycles. The van der Waals surface area contributed by atoms with Gasteiger partial charge >= 0.3 is 0 Å². The molecule has 1 fully saturated rings. The second-order valence-corrected chi connectivity index (χ2v) is 6.26. The van der Waals surface area contributed by atoms with Crippen molar-refractivity contribution in [2.45, 2.75) is 25.8 Å². The number of likely N-dealkylation sites (tertiary alicyclic amines) is 1. The maximum atomic E-state index is 13.0. The number of benzene rings is 1. The van der Waals surface area contributed by atoms with Gasteiger partial charge in [-0.1, -0.05) is 12.1 Å². The highest BCUT2D eigenvalue weighted by Crippen LogP contribution is 2.19. The second-order valence-electron chi connectivity index (χ2n) is 6.26. The molecular weight excluding hydrogens is 327 g/mol. The van der Waals surface area contributed by atoms with E-state index in [9.17, 15) is 18.8 Å². The van der Waals surface area contributed by atoms with Crippen molar-refractivity contribution in [3.8, 4) is 0 Å². The van der Waals surface area contributed by atoms with Crippen molar-refractivity contribution in [2.24, 2.45) is 16.8 Å². The molecule has 2 aliphatic rings. The van der Waals surface area contributed by atoms with Gasteiger partial charge in [0.1, 0.15) is 11.5 Å². The third-order valence-electron chi connectivity index (χ3n) is 4.48. The average molecular weight is 346 g/mol. The van der Waals surface area contributed by atoms with Gasteiger partial charge in [0, 0.05) is 25.9 Å². The van der Waals surface area contributed by atoms with Crippen LogP contribution in [-0.2, 0) is 20.9 Å². The van der Waals surface area contributed by atoms with Crippen LogP contribution < -0.4 is 5.73 Å². The minimum atomic E-state index is -0.408. The van der Waals surface area contributed by atoms with Crippen LogP contribution in [0.25, 0.3) is 0 Å². The van der Waals surface area contributed by atoms with Gasteiger partial charge in [0.15, 0.2) is 0 Å². The lowest BCUT2D eigenvalue weighted by atomic mass is 10.1. The van der Waals surface area contributed by atoms with Gasteiger partial charge < -0.3 is 10.6 Å². The van der Waals surface area contributed by atoms with Crippen LogP contribution in [-0.4, -0.2) is 46.4 Å². The fourth-order valence-corrected chi connectivity index (χ4v) is 3.00. The molecule has 0 spiro atoms. The van der Waals surface area contributed by atoms with Crippen molar-refractivity contribution in [3.63, 3.8) is 0 Å². The second kappa shape index (κ2) is 7.00. The van der Waals surface area contributed by atoms with Gasteiger partial charge in [-0.15, -0.1) is 0 Å². The molecular formula is C17H19FN4O3. The highest BCUT2D eigenvalue weighted by molar-refractivity contribution is 6.39. The summed E-state index contributed by atoms with van der Waals surface area (Å²) in [6.45, 7) is 0.927. The van der Waals surface area contributed by atoms with Crippen LogP contribution in [0.3, 0.4) is 0 Å². The van der Waals surface area contributed by atoms with E-state index in [4.69, 9.17) is 5.73 Å². The maximum Gasteiger partial charge on any atom is 0.270 e. The average Bonchev–Trinajstić information content (AvgIpc) is 3.08. The van der Waals surface area contributed by atoms with Gasteiger partial charge in [0.25, 0.3) is 5.91 Å². The lowest BCUT2D eigenvalue weighted by Gasteiger charge is -2.25. The molecule has 0 saturated carbocycles. The smallest absolute Gasteiger partial charge is 0.270 e.